The lowest BCUT2D eigenvalue weighted by atomic mass is 9.98. The van der Waals surface area contributed by atoms with Gasteiger partial charge in [0.05, 0.1) is 12.1 Å². The van der Waals surface area contributed by atoms with Crippen LogP contribution in [0.25, 0.3) is 22.0 Å². The number of benzene rings is 2. The summed E-state index contributed by atoms with van der Waals surface area (Å²) >= 11 is 0. The second-order valence-electron chi connectivity index (χ2n) is 11.3. The van der Waals surface area contributed by atoms with Crippen molar-refractivity contribution in [3.05, 3.63) is 66.4 Å². The average molecular weight is 524 g/mol. The van der Waals surface area contributed by atoms with Crippen molar-refractivity contribution in [2.45, 2.75) is 31.2 Å². The zero-order chi connectivity index (χ0) is 26.4. The van der Waals surface area contributed by atoms with Crippen LogP contribution in [0.4, 0.5) is 4.79 Å². The van der Waals surface area contributed by atoms with Gasteiger partial charge >= 0.3 is 6.03 Å². The van der Waals surface area contributed by atoms with Gasteiger partial charge in [-0.1, -0.05) is 42.5 Å². The first-order chi connectivity index (χ1) is 19.1. The Kier molecular flexibility index (Phi) is 6.07. The van der Waals surface area contributed by atoms with Gasteiger partial charge in [-0.25, -0.2) is 9.79 Å². The van der Waals surface area contributed by atoms with Gasteiger partial charge < -0.3 is 14.5 Å². The van der Waals surface area contributed by atoms with Crippen molar-refractivity contribution in [1.29, 1.82) is 0 Å². The largest absolute Gasteiger partial charge is 0.378 e. The molecule has 0 bridgehead atoms. The van der Waals surface area contributed by atoms with E-state index in [-0.39, 0.29) is 17.9 Å². The molecule has 2 atom stereocenters. The molecule has 2 aromatic carbocycles. The van der Waals surface area contributed by atoms with E-state index in [9.17, 15) is 9.59 Å². The Morgan fingerprint density at radius 3 is 2.56 bits per heavy atom. The number of hydrogen-bond donors (Lipinski definition) is 0. The smallest absolute Gasteiger partial charge is 0.320 e. The number of aromatic nitrogens is 1. The van der Waals surface area contributed by atoms with E-state index in [1.165, 1.54) is 0 Å². The van der Waals surface area contributed by atoms with E-state index in [4.69, 9.17) is 9.73 Å². The first kappa shape index (κ1) is 24.3. The molecule has 0 radical (unpaired) electrons. The number of carbonyl (C=O) groups is 2. The van der Waals surface area contributed by atoms with E-state index in [0.717, 1.165) is 72.3 Å². The molecule has 8 nitrogen and oxygen atoms in total. The number of pyridine rings is 1. The van der Waals surface area contributed by atoms with Crippen molar-refractivity contribution < 1.29 is 14.3 Å². The van der Waals surface area contributed by atoms with Gasteiger partial charge in [-0.3, -0.25) is 14.7 Å². The highest BCUT2D eigenvalue weighted by atomic mass is 16.5. The lowest BCUT2D eigenvalue weighted by Crippen LogP contribution is -2.46. The Morgan fingerprint density at radius 2 is 1.77 bits per heavy atom. The van der Waals surface area contributed by atoms with Crippen LogP contribution in [0.5, 0.6) is 0 Å². The average Bonchev–Trinajstić information content (AvgIpc) is 3.80. The Hall–Kier alpha value is -3.78. The molecule has 8 heteroatoms. The molecule has 3 aromatic rings. The maximum atomic E-state index is 13.8. The number of amides is 3. The van der Waals surface area contributed by atoms with Gasteiger partial charge in [-0.15, -0.1) is 0 Å². The SMILES string of the molecule is O=C(N1CCCC1)N1CC[C@@H](CN2C(=O)C3(CCOC3)N=C2c2ccc(-c3ccc4cccnc4c3)cc2)C1. The van der Waals surface area contributed by atoms with E-state index in [2.05, 4.69) is 53.5 Å². The third-order valence-corrected chi connectivity index (χ3v) is 8.68. The first-order valence-corrected chi connectivity index (χ1v) is 14.1. The van der Waals surface area contributed by atoms with Crippen molar-refractivity contribution >= 4 is 28.7 Å². The fourth-order valence-corrected chi connectivity index (χ4v) is 6.44. The lowest BCUT2D eigenvalue weighted by Gasteiger charge is -2.26. The molecule has 4 aliphatic rings. The van der Waals surface area contributed by atoms with Crippen molar-refractivity contribution in [3.63, 3.8) is 0 Å². The number of carbonyl (C=O) groups excluding carboxylic acids is 2. The summed E-state index contributed by atoms with van der Waals surface area (Å²) in [6.07, 6.45) is 5.50. The van der Waals surface area contributed by atoms with Crippen LogP contribution in [0.1, 0.15) is 31.2 Å². The number of ether oxygens (including phenoxy) is 1. The maximum absolute atomic E-state index is 13.8. The number of rotatable bonds is 4. The van der Waals surface area contributed by atoms with E-state index >= 15 is 0 Å². The van der Waals surface area contributed by atoms with E-state index in [1.807, 2.05) is 27.0 Å². The van der Waals surface area contributed by atoms with Gasteiger partial charge in [-0.2, -0.15) is 0 Å². The van der Waals surface area contributed by atoms with E-state index in [0.29, 0.717) is 32.7 Å². The molecule has 1 aromatic heterocycles. The van der Waals surface area contributed by atoms with Gasteiger partial charge in [0, 0.05) is 62.9 Å². The zero-order valence-corrected chi connectivity index (χ0v) is 22.1. The van der Waals surface area contributed by atoms with Crippen LogP contribution < -0.4 is 0 Å². The molecule has 200 valence electrons. The summed E-state index contributed by atoms with van der Waals surface area (Å²) in [6, 6.07) is 18.8. The van der Waals surface area contributed by atoms with Gasteiger partial charge in [0.15, 0.2) is 5.54 Å². The molecule has 3 fully saturated rings. The highest BCUT2D eigenvalue weighted by molar-refractivity contribution is 6.15. The number of fused-ring (bicyclic) bond motifs is 1. The first-order valence-electron chi connectivity index (χ1n) is 14.1. The molecule has 1 unspecified atom stereocenters. The Morgan fingerprint density at radius 1 is 0.974 bits per heavy atom. The summed E-state index contributed by atoms with van der Waals surface area (Å²) in [6.45, 7) is 4.60. The lowest BCUT2D eigenvalue weighted by molar-refractivity contribution is -0.131. The van der Waals surface area contributed by atoms with Crippen LogP contribution in [0.15, 0.2) is 65.8 Å². The zero-order valence-electron chi connectivity index (χ0n) is 22.1. The summed E-state index contributed by atoms with van der Waals surface area (Å²) < 4.78 is 5.65. The number of aliphatic imine (C=N–C) groups is 1. The fraction of sp³-hybridized carbons (Fsp3) is 0.419. The topological polar surface area (TPSA) is 78.3 Å². The third-order valence-electron chi connectivity index (χ3n) is 8.68. The molecule has 39 heavy (non-hydrogen) atoms. The van der Waals surface area contributed by atoms with Crippen molar-refractivity contribution in [2.75, 3.05) is 45.9 Å². The highest BCUT2D eigenvalue weighted by Gasteiger charge is 2.51. The van der Waals surface area contributed by atoms with Crippen LogP contribution in [-0.2, 0) is 9.53 Å². The molecule has 1 spiro atoms. The molecule has 5 heterocycles. The van der Waals surface area contributed by atoms with Crippen LogP contribution in [0, 0.1) is 5.92 Å². The normalized spacial score (nSPS) is 24.9. The maximum Gasteiger partial charge on any atom is 0.320 e. The van der Waals surface area contributed by atoms with Crippen LogP contribution >= 0.6 is 0 Å². The molecule has 7 rings (SSSR count). The molecule has 0 saturated carbocycles. The Labute approximate surface area is 228 Å². The summed E-state index contributed by atoms with van der Waals surface area (Å²) in [5.41, 5.74) is 3.27. The summed E-state index contributed by atoms with van der Waals surface area (Å²) in [5, 5.41) is 1.11. The predicted octanol–water partition coefficient (Wildman–Crippen LogP) is 4.19. The van der Waals surface area contributed by atoms with Crippen LogP contribution in [0.2, 0.25) is 0 Å². The van der Waals surface area contributed by atoms with Gasteiger partial charge in [0.2, 0.25) is 0 Å². The number of amidine groups is 1. The molecular formula is C31H33N5O3. The fourth-order valence-electron chi connectivity index (χ4n) is 6.44. The number of nitrogens with zero attached hydrogens (tertiary/aromatic N) is 5. The molecule has 0 aliphatic carbocycles. The summed E-state index contributed by atoms with van der Waals surface area (Å²) in [4.78, 5) is 42.0. The predicted molar refractivity (Wildman–Crippen MR) is 149 cm³/mol. The Balaban J connectivity index is 1.12. The van der Waals surface area contributed by atoms with E-state index < -0.39 is 5.54 Å². The standard InChI is InChI=1S/C31H33N5O3/c37-29-31(12-17-39-21-31)33-28(36(29)20-22-11-16-35(19-22)30(38)34-14-1-2-15-34)25-8-5-23(6-9-25)26-10-7-24-4-3-13-32-27(24)18-26/h3-10,13,18,22H,1-2,11-12,14-17,19-21H2/t22-,31?/m1/s1. The van der Waals surface area contributed by atoms with Crippen LogP contribution in [-0.4, -0.2) is 88.9 Å². The number of likely N-dealkylation sites (tertiary alicyclic amines) is 2. The van der Waals surface area contributed by atoms with Gasteiger partial charge in [0.1, 0.15) is 5.84 Å². The van der Waals surface area contributed by atoms with Crippen molar-refractivity contribution in [1.82, 2.24) is 19.7 Å². The summed E-state index contributed by atoms with van der Waals surface area (Å²) in [5.74, 6) is 0.984. The highest BCUT2D eigenvalue weighted by Crippen LogP contribution is 2.35. The minimum Gasteiger partial charge on any atom is -0.378 e. The summed E-state index contributed by atoms with van der Waals surface area (Å²) in [7, 11) is 0. The number of urea groups is 1. The second-order valence-corrected chi connectivity index (χ2v) is 11.3. The Bertz CT molecular complexity index is 1440. The monoisotopic (exact) mass is 523 g/mol. The van der Waals surface area contributed by atoms with Crippen LogP contribution in [0.3, 0.4) is 0 Å². The third kappa shape index (κ3) is 4.36. The minimum absolute atomic E-state index is 0.0315. The molecular weight excluding hydrogens is 490 g/mol. The number of hydrogen-bond acceptors (Lipinski definition) is 5. The second kappa shape index (κ2) is 9.75. The quantitative estimate of drug-likeness (QED) is 0.514. The van der Waals surface area contributed by atoms with Gasteiger partial charge in [-0.05, 0) is 48.4 Å². The molecule has 4 aliphatic heterocycles. The molecule has 3 amide bonds. The van der Waals surface area contributed by atoms with Crippen molar-refractivity contribution in [3.8, 4) is 11.1 Å². The minimum atomic E-state index is -0.818. The molecule has 0 N–H and O–H groups in total. The van der Waals surface area contributed by atoms with Gasteiger partial charge in [0.25, 0.3) is 5.91 Å². The van der Waals surface area contributed by atoms with E-state index in [1.54, 1.807) is 0 Å². The van der Waals surface area contributed by atoms with Crippen molar-refractivity contribution in [2.24, 2.45) is 10.9 Å². The molecule has 3 saturated heterocycles.